The number of anilines is 1. The molecule has 1 atom stereocenters. The molecule has 0 saturated heterocycles. The predicted molar refractivity (Wildman–Crippen MR) is 54.5 cm³/mol. The Kier molecular flexibility index (Phi) is 3.29. The third-order valence-electron chi connectivity index (χ3n) is 2.21. The first kappa shape index (κ1) is 10.0. The molecule has 0 heterocycles. The van der Waals surface area contributed by atoms with Crippen LogP contribution in [0.15, 0.2) is 18.2 Å². The van der Waals surface area contributed by atoms with Crippen LogP contribution in [0.5, 0.6) is 0 Å². The fourth-order valence-corrected chi connectivity index (χ4v) is 1.13. The maximum absolute atomic E-state index is 13.4. The van der Waals surface area contributed by atoms with Crippen molar-refractivity contribution in [3.63, 3.8) is 0 Å². The maximum Gasteiger partial charge on any atom is 0.149 e. The van der Waals surface area contributed by atoms with Crippen molar-refractivity contribution in [2.45, 2.75) is 33.2 Å². The maximum atomic E-state index is 13.4. The molecule has 0 saturated carbocycles. The van der Waals surface area contributed by atoms with Gasteiger partial charge in [0.1, 0.15) is 5.82 Å². The molecule has 1 aromatic rings. The second-order valence-electron chi connectivity index (χ2n) is 3.39. The van der Waals surface area contributed by atoms with Gasteiger partial charge in [-0.1, -0.05) is 19.1 Å². The van der Waals surface area contributed by atoms with Crippen LogP contribution in [-0.2, 0) is 0 Å². The molecule has 1 N–H and O–H groups in total. The summed E-state index contributed by atoms with van der Waals surface area (Å²) >= 11 is 0. The molecule has 0 fully saturated rings. The SMILES string of the molecule is CCC(C)Nc1cccc(C)c1F. The summed E-state index contributed by atoms with van der Waals surface area (Å²) in [5.41, 5.74) is 1.29. The summed E-state index contributed by atoms with van der Waals surface area (Å²) in [6.07, 6.45) is 0.993. The van der Waals surface area contributed by atoms with Gasteiger partial charge < -0.3 is 5.32 Å². The number of hydrogen-bond acceptors (Lipinski definition) is 1. The lowest BCUT2D eigenvalue weighted by Gasteiger charge is -2.14. The summed E-state index contributed by atoms with van der Waals surface area (Å²) in [4.78, 5) is 0. The standard InChI is InChI=1S/C11H16FN/c1-4-9(3)13-10-7-5-6-8(2)11(10)12/h5-7,9,13H,4H2,1-3H3. The zero-order valence-corrected chi connectivity index (χ0v) is 8.39. The van der Waals surface area contributed by atoms with Gasteiger partial charge in [0.2, 0.25) is 0 Å². The molecule has 0 spiro atoms. The van der Waals surface area contributed by atoms with E-state index in [9.17, 15) is 4.39 Å². The van der Waals surface area contributed by atoms with E-state index < -0.39 is 0 Å². The van der Waals surface area contributed by atoms with E-state index in [0.29, 0.717) is 17.3 Å². The molecular weight excluding hydrogens is 165 g/mol. The van der Waals surface area contributed by atoms with Crippen LogP contribution in [0.1, 0.15) is 25.8 Å². The highest BCUT2D eigenvalue weighted by atomic mass is 19.1. The van der Waals surface area contributed by atoms with Crippen molar-refractivity contribution < 1.29 is 4.39 Å². The summed E-state index contributed by atoms with van der Waals surface area (Å²) in [5.74, 6) is -0.136. The van der Waals surface area contributed by atoms with Gasteiger partial charge in [-0.05, 0) is 31.9 Å². The highest BCUT2D eigenvalue weighted by Gasteiger charge is 2.05. The molecule has 0 aliphatic heterocycles. The Morgan fingerprint density at radius 3 is 2.77 bits per heavy atom. The number of aryl methyl sites for hydroxylation is 1. The van der Waals surface area contributed by atoms with Gasteiger partial charge in [0.15, 0.2) is 0 Å². The van der Waals surface area contributed by atoms with Gasteiger partial charge >= 0.3 is 0 Å². The van der Waals surface area contributed by atoms with Crippen molar-refractivity contribution in [1.29, 1.82) is 0 Å². The second kappa shape index (κ2) is 4.26. The topological polar surface area (TPSA) is 12.0 Å². The number of nitrogens with one attached hydrogen (secondary N) is 1. The molecule has 0 radical (unpaired) electrons. The van der Waals surface area contributed by atoms with Crippen LogP contribution >= 0.6 is 0 Å². The summed E-state index contributed by atoms with van der Waals surface area (Å²) in [6, 6.07) is 5.73. The molecule has 0 aliphatic rings. The quantitative estimate of drug-likeness (QED) is 0.754. The first-order chi connectivity index (χ1) is 6.15. The van der Waals surface area contributed by atoms with E-state index in [1.54, 1.807) is 19.1 Å². The van der Waals surface area contributed by atoms with Gasteiger partial charge in [0.25, 0.3) is 0 Å². The summed E-state index contributed by atoms with van der Waals surface area (Å²) in [6.45, 7) is 5.89. The lowest BCUT2D eigenvalue weighted by Crippen LogP contribution is -2.14. The van der Waals surface area contributed by atoms with Crippen molar-refractivity contribution in [2.75, 3.05) is 5.32 Å². The highest BCUT2D eigenvalue weighted by molar-refractivity contribution is 5.47. The Labute approximate surface area is 79.0 Å². The van der Waals surface area contributed by atoms with Gasteiger partial charge in [0.05, 0.1) is 5.69 Å². The largest absolute Gasteiger partial charge is 0.380 e. The molecule has 0 aliphatic carbocycles. The minimum Gasteiger partial charge on any atom is -0.380 e. The number of hydrogen-bond donors (Lipinski definition) is 1. The monoisotopic (exact) mass is 181 g/mol. The Morgan fingerprint density at radius 2 is 2.15 bits per heavy atom. The first-order valence-corrected chi connectivity index (χ1v) is 4.66. The van der Waals surface area contributed by atoms with Crippen LogP contribution in [0.3, 0.4) is 0 Å². The predicted octanol–water partition coefficient (Wildman–Crippen LogP) is 3.34. The van der Waals surface area contributed by atoms with Crippen LogP contribution in [0, 0.1) is 12.7 Å². The highest BCUT2D eigenvalue weighted by Crippen LogP contribution is 2.18. The smallest absolute Gasteiger partial charge is 0.149 e. The summed E-state index contributed by atoms with van der Waals surface area (Å²) < 4.78 is 13.4. The molecule has 1 rings (SSSR count). The molecule has 0 aromatic heterocycles. The zero-order chi connectivity index (χ0) is 9.84. The minimum absolute atomic E-state index is 0.136. The normalized spacial score (nSPS) is 12.6. The van der Waals surface area contributed by atoms with Crippen molar-refractivity contribution in [3.05, 3.63) is 29.6 Å². The Balaban J connectivity index is 2.83. The molecule has 1 aromatic carbocycles. The number of benzene rings is 1. The minimum atomic E-state index is -0.136. The van der Waals surface area contributed by atoms with Gasteiger partial charge in [-0.25, -0.2) is 4.39 Å². The van der Waals surface area contributed by atoms with Crippen molar-refractivity contribution >= 4 is 5.69 Å². The number of rotatable bonds is 3. The van der Waals surface area contributed by atoms with E-state index in [1.165, 1.54) is 0 Å². The molecule has 1 nitrogen and oxygen atoms in total. The number of halogens is 1. The lowest BCUT2D eigenvalue weighted by molar-refractivity contribution is 0.616. The molecule has 13 heavy (non-hydrogen) atoms. The van der Waals surface area contributed by atoms with E-state index in [1.807, 2.05) is 13.0 Å². The van der Waals surface area contributed by atoms with E-state index >= 15 is 0 Å². The Bertz CT molecular complexity index is 283. The molecule has 2 heteroatoms. The molecule has 0 amide bonds. The van der Waals surface area contributed by atoms with E-state index in [4.69, 9.17) is 0 Å². The lowest BCUT2D eigenvalue weighted by atomic mass is 10.2. The van der Waals surface area contributed by atoms with Gasteiger partial charge in [-0.15, -0.1) is 0 Å². The van der Waals surface area contributed by atoms with Crippen molar-refractivity contribution in [1.82, 2.24) is 0 Å². The summed E-state index contributed by atoms with van der Waals surface area (Å²) in [5, 5.41) is 3.13. The Morgan fingerprint density at radius 1 is 1.46 bits per heavy atom. The summed E-state index contributed by atoms with van der Waals surface area (Å²) in [7, 11) is 0. The average molecular weight is 181 g/mol. The van der Waals surface area contributed by atoms with Crippen LogP contribution in [-0.4, -0.2) is 6.04 Å². The fourth-order valence-electron chi connectivity index (χ4n) is 1.13. The van der Waals surface area contributed by atoms with Crippen LogP contribution in [0.25, 0.3) is 0 Å². The van der Waals surface area contributed by atoms with Gasteiger partial charge in [0, 0.05) is 6.04 Å². The molecule has 72 valence electrons. The third kappa shape index (κ3) is 2.44. The first-order valence-electron chi connectivity index (χ1n) is 4.66. The van der Waals surface area contributed by atoms with E-state index in [2.05, 4.69) is 12.2 Å². The van der Waals surface area contributed by atoms with Gasteiger partial charge in [-0.2, -0.15) is 0 Å². The average Bonchev–Trinajstić information content (AvgIpc) is 2.13. The van der Waals surface area contributed by atoms with E-state index in [-0.39, 0.29) is 5.82 Å². The fraction of sp³-hybridized carbons (Fsp3) is 0.455. The Hall–Kier alpha value is -1.05. The second-order valence-corrected chi connectivity index (χ2v) is 3.39. The molecule has 0 bridgehead atoms. The molecular formula is C11H16FN. The van der Waals surface area contributed by atoms with Crippen LogP contribution in [0.4, 0.5) is 10.1 Å². The van der Waals surface area contributed by atoms with E-state index in [0.717, 1.165) is 6.42 Å². The van der Waals surface area contributed by atoms with Crippen molar-refractivity contribution in [2.24, 2.45) is 0 Å². The third-order valence-corrected chi connectivity index (χ3v) is 2.21. The van der Waals surface area contributed by atoms with Crippen LogP contribution < -0.4 is 5.32 Å². The zero-order valence-electron chi connectivity index (χ0n) is 8.39. The molecule has 1 unspecified atom stereocenters. The van der Waals surface area contributed by atoms with Crippen LogP contribution in [0.2, 0.25) is 0 Å². The van der Waals surface area contributed by atoms with Crippen molar-refractivity contribution in [3.8, 4) is 0 Å². The van der Waals surface area contributed by atoms with Gasteiger partial charge in [-0.3, -0.25) is 0 Å².